The van der Waals surface area contributed by atoms with Gasteiger partial charge in [0.05, 0.1) is 16.9 Å². The molecule has 0 bridgehead atoms. The molecule has 1 saturated heterocycles. The van der Waals surface area contributed by atoms with Crippen molar-refractivity contribution >= 4 is 30.0 Å². The van der Waals surface area contributed by atoms with Crippen LogP contribution in [-0.2, 0) is 15.7 Å². The van der Waals surface area contributed by atoms with Crippen LogP contribution < -0.4 is 20.4 Å². The number of carbonyl (C=O) groups excluding carboxylic acids is 1. The first-order valence-corrected chi connectivity index (χ1v) is 10.3. The quantitative estimate of drug-likeness (QED) is 0.708. The van der Waals surface area contributed by atoms with E-state index in [1.54, 1.807) is 18.2 Å². The zero-order valence-corrected chi connectivity index (χ0v) is 18.2. The Labute approximate surface area is 184 Å². The Morgan fingerprint density at radius 3 is 2.50 bits per heavy atom. The highest BCUT2D eigenvalue weighted by Gasteiger charge is 2.52. The van der Waals surface area contributed by atoms with Crippen LogP contribution in [0, 0.1) is 5.82 Å². The first kappa shape index (κ1) is 22.5. The average Bonchev–Trinajstić information content (AvgIpc) is 3.20. The summed E-state index contributed by atoms with van der Waals surface area (Å²) >= 11 is 0. The van der Waals surface area contributed by atoms with Crippen LogP contribution in [0.15, 0.2) is 36.4 Å². The van der Waals surface area contributed by atoms with Crippen LogP contribution in [0.4, 0.5) is 29.3 Å². The van der Waals surface area contributed by atoms with Crippen LogP contribution in [-0.4, -0.2) is 37.5 Å². The fourth-order valence-electron chi connectivity index (χ4n) is 3.77. The predicted molar refractivity (Wildman–Crippen MR) is 115 cm³/mol. The minimum absolute atomic E-state index is 0.0716. The van der Waals surface area contributed by atoms with Crippen molar-refractivity contribution in [3.8, 4) is 5.75 Å². The molecule has 2 amide bonds. The summed E-state index contributed by atoms with van der Waals surface area (Å²) in [7, 11) is -0.842. The normalized spacial score (nSPS) is 18.8. The van der Waals surface area contributed by atoms with E-state index < -0.39 is 36.8 Å². The van der Waals surface area contributed by atoms with Gasteiger partial charge in [-0.1, -0.05) is 12.1 Å². The van der Waals surface area contributed by atoms with E-state index in [2.05, 4.69) is 10.1 Å². The van der Waals surface area contributed by atoms with Crippen LogP contribution in [0.2, 0.25) is 0 Å². The summed E-state index contributed by atoms with van der Waals surface area (Å²) in [5, 5.41) is 2.64. The van der Waals surface area contributed by atoms with E-state index in [-0.39, 0.29) is 18.0 Å². The number of alkyl halides is 2. The highest BCUT2D eigenvalue weighted by atomic mass is 19.3. The van der Waals surface area contributed by atoms with Gasteiger partial charge in [-0.2, -0.15) is 8.78 Å². The number of rotatable bonds is 4. The topological polar surface area (TPSA) is 60.0 Å². The van der Waals surface area contributed by atoms with E-state index in [4.69, 9.17) is 9.31 Å². The highest BCUT2D eigenvalue weighted by Crippen LogP contribution is 2.38. The molecule has 6 nitrogen and oxygen atoms in total. The zero-order chi connectivity index (χ0) is 23.3. The lowest BCUT2D eigenvalue weighted by molar-refractivity contribution is -0.0498. The molecule has 170 valence electrons. The van der Waals surface area contributed by atoms with Crippen molar-refractivity contribution in [2.45, 2.75) is 51.9 Å². The second-order valence-corrected chi connectivity index (χ2v) is 8.79. The number of nitrogens with one attached hydrogen (secondary N) is 1. The minimum Gasteiger partial charge on any atom is -0.435 e. The average molecular weight is 448 g/mol. The Kier molecular flexibility index (Phi) is 5.62. The van der Waals surface area contributed by atoms with Gasteiger partial charge in [0, 0.05) is 29.3 Å². The molecule has 4 rings (SSSR count). The summed E-state index contributed by atoms with van der Waals surface area (Å²) in [6.45, 7) is 4.89. The Bertz CT molecular complexity index is 1030. The Hall–Kier alpha value is -2.72. The van der Waals surface area contributed by atoms with E-state index >= 15 is 4.39 Å². The van der Waals surface area contributed by atoms with Crippen molar-refractivity contribution in [2.24, 2.45) is 0 Å². The number of benzene rings is 2. The van der Waals surface area contributed by atoms with Gasteiger partial charge in [-0.3, -0.25) is 4.90 Å². The summed E-state index contributed by atoms with van der Waals surface area (Å²) in [6, 6.07) is 8.43. The van der Waals surface area contributed by atoms with Gasteiger partial charge in [-0.25, -0.2) is 9.18 Å². The molecule has 32 heavy (non-hydrogen) atoms. The van der Waals surface area contributed by atoms with Crippen LogP contribution in [0.1, 0.15) is 33.3 Å². The number of urea groups is 1. The maximum Gasteiger partial charge on any atom is 0.497 e. The molecule has 1 N–H and O–H groups in total. The van der Waals surface area contributed by atoms with Gasteiger partial charge < -0.3 is 19.4 Å². The molecule has 1 fully saturated rings. The van der Waals surface area contributed by atoms with Crippen molar-refractivity contribution in [3.05, 3.63) is 47.8 Å². The number of hydrogen-bond donors (Lipinski definition) is 1. The molecular formula is C22H24BF3N2O4. The molecule has 0 atom stereocenters. The van der Waals surface area contributed by atoms with E-state index in [9.17, 15) is 13.6 Å². The largest absolute Gasteiger partial charge is 0.497 e. The molecule has 0 saturated carbocycles. The van der Waals surface area contributed by atoms with Crippen LogP contribution in [0.25, 0.3) is 0 Å². The fourth-order valence-corrected chi connectivity index (χ4v) is 3.77. The molecule has 2 aromatic rings. The van der Waals surface area contributed by atoms with Crippen LogP contribution in [0.3, 0.4) is 0 Å². The maximum absolute atomic E-state index is 15.4. The first-order valence-electron chi connectivity index (χ1n) is 10.3. The summed E-state index contributed by atoms with van der Waals surface area (Å²) < 4.78 is 56.5. The SMILES string of the molecule is CC1(C)OB(c2ccc3c(c2F)CCN3C(=O)Nc2cccc(OC(F)F)c2)OC1(C)C. The van der Waals surface area contributed by atoms with Gasteiger partial charge in [-0.05, 0) is 52.3 Å². The third-order valence-electron chi connectivity index (χ3n) is 6.19. The molecule has 0 spiro atoms. The molecule has 0 aromatic heterocycles. The molecule has 2 heterocycles. The maximum atomic E-state index is 15.4. The Morgan fingerprint density at radius 1 is 1.16 bits per heavy atom. The van der Waals surface area contributed by atoms with E-state index in [1.807, 2.05) is 27.7 Å². The molecule has 0 aliphatic carbocycles. The molecule has 0 unspecified atom stereocenters. The number of anilines is 2. The molecule has 2 aliphatic heterocycles. The van der Waals surface area contributed by atoms with Gasteiger partial charge in [0.15, 0.2) is 0 Å². The fraction of sp³-hybridized carbons (Fsp3) is 0.409. The van der Waals surface area contributed by atoms with Gasteiger partial charge in [0.25, 0.3) is 0 Å². The summed E-state index contributed by atoms with van der Waals surface area (Å²) in [5.74, 6) is -0.527. The first-order chi connectivity index (χ1) is 15.0. The van der Waals surface area contributed by atoms with Crippen LogP contribution >= 0.6 is 0 Å². The second-order valence-electron chi connectivity index (χ2n) is 8.79. The lowest BCUT2D eigenvalue weighted by Crippen LogP contribution is -2.41. The van der Waals surface area contributed by atoms with Crippen molar-refractivity contribution in [1.82, 2.24) is 0 Å². The number of halogens is 3. The summed E-state index contributed by atoms with van der Waals surface area (Å²) in [6.07, 6.45) is 0.330. The van der Waals surface area contributed by atoms with Gasteiger partial charge in [0.2, 0.25) is 0 Å². The number of carbonyl (C=O) groups is 1. The molecule has 10 heteroatoms. The second kappa shape index (κ2) is 8.01. The number of fused-ring (bicyclic) bond motifs is 1. The standard InChI is InChI=1S/C22H24BF3N2O4/c1-21(2)22(3,4)32-23(31-21)16-8-9-17-15(18(16)24)10-11-28(17)20(29)27-13-6-5-7-14(12-13)30-19(25)26/h5-9,12,19H,10-11H2,1-4H3,(H,27,29). The van der Waals surface area contributed by atoms with E-state index in [0.29, 0.717) is 23.1 Å². The monoisotopic (exact) mass is 448 g/mol. The highest BCUT2D eigenvalue weighted by molar-refractivity contribution is 6.62. The number of amides is 2. The van der Waals surface area contributed by atoms with Crippen molar-refractivity contribution in [3.63, 3.8) is 0 Å². The molecule has 0 radical (unpaired) electrons. The number of nitrogens with zero attached hydrogens (tertiary/aromatic N) is 1. The minimum atomic E-state index is -2.97. The van der Waals surface area contributed by atoms with E-state index in [0.717, 1.165) is 0 Å². The molecule has 2 aliphatic rings. The lowest BCUT2D eigenvalue weighted by atomic mass is 9.77. The zero-order valence-electron chi connectivity index (χ0n) is 18.2. The predicted octanol–water partition coefficient (Wildman–Crippen LogP) is 4.32. The van der Waals surface area contributed by atoms with Crippen molar-refractivity contribution in [1.29, 1.82) is 0 Å². The lowest BCUT2D eigenvalue weighted by Gasteiger charge is -2.32. The van der Waals surface area contributed by atoms with Gasteiger partial charge in [-0.15, -0.1) is 0 Å². The van der Waals surface area contributed by atoms with Crippen LogP contribution in [0.5, 0.6) is 5.75 Å². The third-order valence-corrected chi connectivity index (χ3v) is 6.19. The Morgan fingerprint density at radius 2 is 1.84 bits per heavy atom. The van der Waals surface area contributed by atoms with Gasteiger partial charge in [0.1, 0.15) is 11.6 Å². The number of hydrogen-bond acceptors (Lipinski definition) is 4. The number of ether oxygens (including phenoxy) is 1. The Balaban J connectivity index is 1.53. The molecular weight excluding hydrogens is 424 g/mol. The third kappa shape index (κ3) is 4.04. The van der Waals surface area contributed by atoms with Gasteiger partial charge >= 0.3 is 19.8 Å². The summed E-state index contributed by atoms with van der Waals surface area (Å²) in [5.41, 5.74) is 0.231. The molecule has 2 aromatic carbocycles. The van der Waals surface area contributed by atoms with Crippen molar-refractivity contribution in [2.75, 3.05) is 16.8 Å². The summed E-state index contributed by atoms with van der Waals surface area (Å²) in [4.78, 5) is 14.2. The van der Waals surface area contributed by atoms with E-state index in [1.165, 1.54) is 23.1 Å². The smallest absolute Gasteiger partial charge is 0.435 e. The van der Waals surface area contributed by atoms with Crippen molar-refractivity contribution < 1.29 is 32.0 Å².